The highest BCUT2D eigenvalue weighted by Crippen LogP contribution is 2.38. The van der Waals surface area contributed by atoms with E-state index in [-0.39, 0.29) is 16.3 Å². The first-order valence-corrected chi connectivity index (χ1v) is 7.98. The number of aromatic nitrogens is 2. The minimum Gasteiger partial charge on any atom is -0.306 e. The van der Waals surface area contributed by atoms with Crippen molar-refractivity contribution in [2.45, 2.75) is 11.8 Å². The number of fused-ring (bicyclic) bond motifs is 1. The van der Waals surface area contributed by atoms with Gasteiger partial charge in [0, 0.05) is 4.47 Å². The largest absolute Gasteiger partial charge is 0.323 e. The Morgan fingerprint density at radius 2 is 1.76 bits per heavy atom. The first kappa shape index (κ1) is 14.5. The van der Waals surface area contributed by atoms with Crippen molar-refractivity contribution < 1.29 is 4.39 Å². The van der Waals surface area contributed by atoms with Crippen LogP contribution in [0.3, 0.4) is 0 Å². The lowest BCUT2D eigenvalue weighted by molar-refractivity contribution is 0.625. The highest BCUT2D eigenvalue weighted by Gasteiger charge is 2.18. The fourth-order valence-electron chi connectivity index (χ4n) is 2.32. The van der Waals surface area contributed by atoms with Crippen LogP contribution < -0.4 is 5.69 Å². The molecule has 21 heavy (non-hydrogen) atoms. The average Bonchev–Trinajstić information content (AvgIpc) is 2.79. The quantitative estimate of drug-likeness (QED) is 0.595. The van der Waals surface area contributed by atoms with Gasteiger partial charge in [0.25, 0.3) is 0 Å². The summed E-state index contributed by atoms with van der Waals surface area (Å²) in [7, 11) is 0. The first-order chi connectivity index (χ1) is 9.95. The summed E-state index contributed by atoms with van der Waals surface area (Å²) >= 11 is 7.13. The second-order valence-electron chi connectivity index (χ2n) is 4.86. The number of hydrogen-bond acceptors (Lipinski definition) is 1. The molecule has 1 heterocycles. The highest BCUT2D eigenvalue weighted by molar-refractivity contribution is 9.11. The van der Waals surface area contributed by atoms with Gasteiger partial charge in [-0.2, -0.15) is 0 Å². The Labute approximate surface area is 136 Å². The molecule has 0 saturated heterocycles. The molecule has 0 radical (unpaired) electrons. The Morgan fingerprint density at radius 3 is 2.48 bits per heavy atom. The predicted molar refractivity (Wildman–Crippen MR) is 88.5 cm³/mol. The second-order valence-corrected chi connectivity index (χ2v) is 6.63. The number of aromatic amines is 2. The summed E-state index contributed by atoms with van der Waals surface area (Å²) in [5.74, 6) is -0.271. The third kappa shape index (κ3) is 2.70. The molecule has 0 aliphatic heterocycles. The molecule has 0 bridgehead atoms. The molecule has 0 saturated carbocycles. The van der Waals surface area contributed by atoms with Gasteiger partial charge >= 0.3 is 5.69 Å². The van der Waals surface area contributed by atoms with Gasteiger partial charge < -0.3 is 9.97 Å². The molecule has 0 spiro atoms. The van der Waals surface area contributed by atoms with Crippen LogP contribution in [0.5, 0.6) is 0 Å². The molecule has 108 valence electrons. The lowest BCUT2D eigenvalue weighted by Gasteiger charge is -2.15. The Balaban J connectivity index is 2.16. The van der Waals surface area contributed by atoms with Gasteiger partial charge in [0.15, 0.2) is 0 Å². The fraction of sp³-hybridized carbons (Fsp3) is 0.133. The summed E-state index contributed by atoms with van der Waals surface area (Å²) in [5, 5.41) is 0. The number of H-pyrrole nitrogens is 2. The molecule has 2 N–H and O–H groups in total. The molecule has 0 fully saturated rings. The van der Waals surface area contributed by atoms with E-state index in [1.165, 1.54) is 12.1 Å². The van der Waals surface area contributed by atoms with Gasteiger partial charge in [-0.3, -0.25) is 0 Å². The Morgan fingerprint density at radius 1 is 1.10 bits per heavy atom. The number of alkyl halides is 1. The van der Waals surface area contributed by atoms with E-state index in [1.807, 2.05) is 19.1 Å². The molecule has 0 amide bonds. The SMILES string of the molecule is Cc1ccc(F)cc1C(Br)c1cc2[nH]c(=O)[nH]c2cc1Br. The van der Waals surface area contributed by atoms with Crippen LogP contribution in [-0.4, -0.2) is 9.97 Å². The van der Waals surface area contributed by atoms with Crippen LogP contribution >= 0.6 is 31.9 Å². The van der Waals surface area contributed by atoms with Crippen molar-refractivity contribution in [1.82, 2.24) is 9.97 Å². The normalized spacial score (nSPS) is 12.8. The molecule has 6 heteroatoms. The third-order valence-electron chi connectivity index (χ3n) is 3.42. The van der Waals surface area contributed by atoms with E-state index in [0.717, 1.165) is 32.2 Å². The molecule has 1 unspecified atom stereocenters. The maximum absolute atomic E-state index is 13.5. The maximum atomic E-state index is 13.5. The number of hydrogen-bond donors (Lipinski definition) is 2. The van der Waals surface area contributed by atoms with E-state index in [1.54, 1.807) is 6.07 Å². The topological polar surface area (TPSA) is 48.6 Å². The summed E-state index contributed by atoms with van der Waals surface area (Å²) in [6.07, 6.45) is 0. The molecule has 3 rings (SSSR count). The molecule has 1 aromatic heterocycles. The summed E-state index contributed by atoms with van der Waals surface area (Å²) in [5.41, 5.74) is 3.97. The maximum Gasteiger partial charge on any atom is 0.323 e. The van der Waals surface area contributed by atoms with Crippen LogP contribution in [0.2, 0.25) is 0 Å². The molecule has 0 aliphatic carbocycles. The zero-order valence-electron chi connectivity index (χ0n) is 11.0. The fourth-order valence-corrected chi connectivity index (χ4v) is 4.07. The van der Waals surface area contributed by atoms with Crippen molar-refractivity contribution in [3.63, 3.8) is 0 Å². The van der Waals surface area contributed by atoms with E-state index in [9.17, 15) is 9.18 Å². The van der Waals surface area contributed by atoms with Gasteiger partial charge in [-0.15, -0.1) is 0 Å². The zero-order valence-corrected chi connectivity index (χ0v) is 14.2. The van der Waals surface area contributed by atoms with Gasteiger partial charge in [-0.1, -0.05) is 37.9 Å². The van der Waals surface area contributed by atoms with Crippen molar-refractivity contribution in [2.24, 2.45) is 0 Å². The van der Waals surface area contributed by atoms with Gasteiger partial charge in [0.1, 0.15) is 5.82 Å². The van der Waals surface area contributed by atoms with Gasteiger partial charge in [-0.05, 0) is 47.9 Å². The summed E-state index contributed by atoms with van der Waals surface area (Å²) < 4.78 is 14.3. The van der Waals surface area contributed by atoms with Crippen LogP contribution in [0.1, 0.15) is 21.5 Å². The minimum absolute atomic E-state index is 0.176. The minimum atomic E-state index is -0.271. The van der Waals surface area contributed by atoms with Crippen LogP contribution in [0.4, 0.5) is 4.39 Å². The van der Waals surface area contributed by atoms with Crippen LogP contribution in [0, 0.1) is 12.7 Å². The van der Waals surface area contributed by atoms with Gasteiger partial charge in [0.05, 0.1) is 15.9 Å². The van der Waals surface area contributed by atoms with Crippen molar-refractivity contribution in [2.75, 3.05) is 0 Å². The third-order valence-corrected chi connectivity index (χ3v) is 5.09. The van der Waals surface area contributed by atoms with Gasteiger partial charge in [0.2, 0.25) is 0 Å². The number of rotatable bonds is 2. The zero-order chi connectivity index (χ0) is 15.1. The van der Waals surface area contributed by atoms with Crippen molar-refractivity contribution in [3.8, 4) is 0 Å². The van der Waals surface area contributed by atoms with Crippen molar-refractivity contribution in [3.05, 3.63) is 67.8 Å². The summed E-state index contributed by atoms with van der Waals surface area (Å²) in [6.45, 7) is 1.94. The lowest BCUT2D eigenvalue weighted by Crippen LogP contribution is -1.99. The van der Waals surface area contributed by atoms with Crippen LogP contribution in [0.25, 0.3) is 11.0 Å². The monoisotopic (exact) mass is 412 g/mol. The molecular formula is C15H11Br2FN2O. The van der Waals surface area contributed by atoms with E-state index in [0.29, 0.717) is 0 Å². The molecular weight excluding hydrogens is 403 g/mol. The number of aryl methyl sites for hydroxylation is 1. The Hall–Kier alpha value is -1.40. The number of halogens is 3. The van der Waals surface area contributed by atoms with E-state index >= 15 is 0 Å². The van der Waals surface area contributed by atoms with E-state index < -0.39 is 0 Å². The number of benzene rings is 2. The molecule has 2 aromatic carbocycles. The van der Waals surface area contributed by atoms with E-state index in [4.69, 9.17) is 0 Å². The molecule has 3 aromatic rings. The first-order valence-electron chi connectivity index (χ1n) is 6.27. The average molecular weight is 414 g/mol. The van der Waals surface area contributed by atoms with Crippen molar-refractivity contribution in [1.29, 1.82) is 0 Å². The smallest absolute Gasteiger partial charge is 0.306 e. The molecule has 1 atom stereocenters. The van der Waals surface area contributed by atoms with Gasteiger partial charge in [-0.25, -0.2) is 9.18 Å². The summed E-state index contributed by atoms with van der Waals surface area (Å²) in [4.78, 5) is 16.6. The van der Waals surface area contributed by atoms with Crippen LogP contribution in [-0.2, 0) is 0 Å². The molecule has 3 nitrogen and oxygen atoms in total. The highest BCUT2D eigenvalue weighted by atomic mass is 79.9. The number of nitrogens with one attached hydrogen (secondary N) is 2. The Bertz CT molecular complexity index is 885. The van der Waals surface area contributed by atoms with Crippen LogP contribution in [0.15, 0.2) is 39.6 Å². The lowest BCUT2D eigenvalue weighted by atomic mass is 10.00. The molecule has 0 aliphatic rings. The summed E-state index contributed by atoms with van der Waals surface area (Å²) in [6, 6.07) is 8.43. The standard InChI is InChI=1S/C15H11Br2FN2O/c1-7-2-3-8(18)4-9(7)14(17)10-5-12-13(6-11(10)16)20-15(21)19-12/h2-6,14H,1H3,(H2,19,20,21). The second kappa shape index (κ2) is 5.42. The predicted octanol–water partition coefficient (Wildman–Crippen LogP) is 4.55. The van der Waals surface area contributed by atoms with Crippen molar-refractivity contribution >= 4 is 42.9 Å². The Kier molecular flexibility index (Phi) is 3.75. The number of imidazole rings is 1. The van der Waals surface area contributed by atoms with E-state index in [2.05, 4.69) is 41.8 Å².